The van der Waals surface area contributed by atoms with Gasteiger partial charge in [0.1, 0.15) is 0 Å². The molecular formula is C20H21NO5S. The molecule has 0 bridgehead atoms. The molecule has 7 heteroatoms. The van der Waals surface area contributed by atoms with Crippen molar-refractivity contribution in [3.63, 3.8) is 0 Å². The van der Waals surface area contributed by atoms with E-state index in [1.165, 1.54) is 29.2 Å². The van der Waals surface area contributed by atoms with Gasteiger partial charge in [-0.3, -0.25) is 9.59 Å². The van der Waals surface area contributed by atoms with Gasteiger partial charge >= 0.3 is 5.97 Å². The molecule has 2 aromatic carbocycles. The molecule has 1 aliphatic heterocycles. The van der Waals surface area contributed by atoms with Crippen molar-refractivity contribution in [2.75, 3.05) is 18.8 Å². The van der Waals surface area contributed by atoms with Crippen LogP contribution in [0.15, 0.2) is 59.5 Å². The van der Waals surface area contributed by atoms with E-state index in [9.17, 15) is 23.1 Å². The average molecular weight is 387 g/mol. The number of aliphatic carboxylic acids is 1. The average Bonchev–Trinajstić information content (AvgIpc) is 3.14. The van der Waals surface area contributed by atoms with Gasteiger partial charge in [-0.05, 0) is 29.8 Å². The van der Waals surface area contributed by atoms with Crippen molar-refractivity contribution < 1.29 is 23.1 Å². The Morgan fingerprint density at radius 1 is 1.04 bits per heavy atom. The largest absolute Gasteiger partial charge is 0.481 e. The fraction of sp³-hybridized carbons (Fsp3) is 0.300. The third kappa shape index (κ3) is 3.88. The maximum absolute atomic E-state index is 12.8. The van der Waals surface area contributed by atoms with Crippen LogP contribution in [0.3, 0.4) is 0 Å². The Morgan fingerprint density at radius 2 is 1.67 bits per heavy atom. The van der Waals surface area contributed by atoms with Crippen LogP contribution >= 0.6 is 0 Å². The minimum Gasteiger partial charge on any atom is -0.481 e. The Morgan fingerprint density at radius 3 is 2.22 bits per heavy atom. The van der Waals surface area contributed by atoms with Crippen molar-refractivity contribution >= 4 is 21.7 Å². The third-order valence-electron chi connectivity index (χ3n) is 4.99. The molecule has 1 amide bonds. The number of carbonyl (C=O) groups excluding carboxylic acids is 1. The first-order chi connectivity index (χ1) is 12.8. The zero-order valence-corrected chi connectivity index (χ0v) is 15.7. The lowest BCUT2D eigenvalue weighted by Crippen LogP contribution is -2.29. The summed E-state index contributed by atoms with van der Waals surface area (Å²) in [4.78, 5) is 26.2. The summed E-state index contributed by atoms with van der Waals surface area (Å²) in [5.41, 5.74) is 1.24. The summed E-state index contributed by atoms with van der Waals surface area (Å²) in [6.07, 6.45) is 0. The molecule has 0 radical (unpaired) electrons. The topological polar surface area (TPSA) is 91.8 Å². The lowest BCUT2D eigenvalue weighted by Gasteiger charge is -2.17. The Balaban J connectivity index is 1.82. The smallest absolute Gasteiger partial charge is 0.308 e. The monoisotopic (exact) mass is 387 g/mol. The van der Waals surface area contributed by atoms with Crippen LogP contribution < -0.4 is 0 Å². The van der Waals surface area contributed by atoms with Crippen molar-refractivity contribution in [3.05, 3.63) is 65.7 Å². The Kier molecular flexibility index (Phi) is 5.32. The van der Waals surface area contributed by atoms with E-state index in [0.29, 0.717) is 12.1 Å². The van der Waals surface area contributed by atoms with Gasteiger partial charge in [-0.1, -0.05) is 37.3 Å². The zero-order chi connectivity index (χ0) is 19.6. The summed E-state index contributed by atoms with van der Waals surface area (Å²) in [6, 6.07) is 15.1. The summed E-state index contributed by atoms with van der Waals surface area (Å²) < 4.78 is 23.8. The number of benzene rings is 2. The first-order valence-corrected chi connectivity index (χ1v) is 10.4. The number of rotatable bonds is 5. The van der Waals surface area contributed by atoms with E-state index in [4.69, 9.17) is 0 Å². The molecule has 6 nitrogen and oxygen atoms in total. The molecule has 1 saturated heterocycles. The van der Waals surface area contributed by atoms with E-state index in [2.05, 4.69) is 0 Å². The predicted molar refractivity (Wildman–Crippen MR) is 100 cm³/mol. The van der Waals surface area contributed by atoms with Gasteiger partial charge in [0.2, 0.25) is 0 Å². The third-order valence-corrected chi connectivity index (χ3v) is 6.74. The maximum atomic E-state index is 12.8. The number of carboxylic acids is 1. The molecule has 0 saturated carbocycles. The minimum absolute atomic E-state index is 0.00847. The van der Waals surface area contributed by atoms with E-state index >= 15 is 0 Å². The summed E-state index contributed by atoms with van der Waals surface area (Å²) in [6.45, 7) is 2.01. The van der Waals surface area contributed by atoms with Crippen molar-refractivity contribution in [2.45, 2.75) is 17.7 Å². The van der Waals surface area contributed by atoms with Crippen LogP contribution in [0.1, 0.15) is 28.8 Å². The lowest BCUT2D eigenvalue weighted by molar-refractivity contribution is -0.141. The summed E-state index contributed by atoms with van der Waals surface area (Å²) >= 11 is 0. The summed E-state index contributed by atoms with van der Waals surface area (Å²) in [7, 11) is -3.33. The molecular weight excluding hydrogens is 366 g/mol. The van der Waals surface area contributed by atoms with Crippen LogP contribution in [0.4, 0.5) is 0 Å². The highest BCUT2D eigenvalue weighted by atomic mass is 32.2. The Labute approximate surface area is 158 Å². The van der Waals surface area contributed by atoms with Crippen LogP contribution in [0.25, 0.3) is 0 Å². The van der Waals surface area contributed by atoms with E-state index in [1.807, 2.05) is 30.3 Å². The second-order valence-corrected chi connectivity index (χ2v) is 8.88. The van der Waals surface area contributed by atoms with E-state index in [0.717, 1.165) is 5.56 Å². The van der Waals surface area contributed by atoms with Crippen molar-refractivity contribution in [1.82, 2.24) is 4.90 Å². The van der Waals surface area contributed by atoms with Crippen molar-refractivity contribution in [1.29, 1.82) is 0 Å². The van der Waals surface area contributed by atoms with Gasteiger partial charge in [0.15, 0.2) is 9.84 Å². The fourth-order valence-corrected chi connectivity index (χ4v) is 4.30. The number of likely N-dealkylation sites (tertiary alicyclic amines) is 1. The fourth-order valence-electron chi connectivity index (χ4n) is 3.41. The Hall–Kier alpha value is -2.67. The second kappa shape index (κ2) is 7.52. The molecule has 0 aliphatic carbocycles. The number of nitrogens with zero attached hydrogens (tertiary/aromatic N) is 1. The van der Waals surface area contributed by atoms with E-state index in [1.54, 1.807) is 6.92 Å². The van der Waals surface area contributed by atoms with Crippen molar-refractivity contribution in [2.24, 2.45) is 5.92 Å². The molecule has 142 valence electrons. The summed E-state index contributed by atoms with van der Waals surface area (Å²) in [5, 5.41) is 9.56. The highest BCUT2D eigenvalue weighted by Crippen LogP contribution is 2.33. The van der Waals surface area contributed by atoms with Crippen LogP contribution in [0, 0.1) is 5.92 Å². The Bertz CT molecular complexity index is 938. The van der Waals surface area contributed by atoms with E-state index in [-0.39, 0.29) is 29.0 Å². The number of amides is 1. The van der Waals surface area contributed by atoms with Gasteiger partial charge in [-0.2, -0.15) is 0 Å². The van der Waals surface area contributed by atoms with Gasteiger partial charge in [-0.15, -0.1) is 0 Å². The first kappa shape index (κ1) is 19.1. The highest BCUT2D eigenvalue weighted by Gasteiger charge is 2.40. The second-order valence-electron chi connectivity index (χ2n) is 6.60. The zero-order valence-electron chi connectivity index (χ0n) is 14.9. The highest BCUT2D eigenvalue weighted by molar-refractivity contribution is 7.91. The van der Waals surface area contributed by atoms with Gasteiger partial charge in [-0.25, -0.2) is 8.42 Å². The van der Waals surface area contributed by atoms with E-state index < -0.39 is 21.7 Å². The predicted octanol–water partition coefficient (Wildman–Crippen LogP) is 2.42. The van der Waals surface area contributed by atoms with Gasteiger partial charge < -0.3 is 10.0 Å². The minimum atomic E-state index is -3.33. The molecule has 1 N–H and O–H groups in total. The normalized spacial score (nSPS) is 19.8. The van der Waals surface area contributed by atoms with Gasteiger partial charge in [0.25, 0.3) is 5.91 Å². The van der Waals surface area contributed by atoms with Crippen molar-refractivity contribution in [3.8, 4) is 0 Å². The van der Waals surface area contributed by atoms with Crippen LogP contribution in [-0.2, 0) is 14.6 Å². The molecule has 2 atom stereocenters. The lowest BCUT2D eigenvalue weighted by atomic mass is 9.89. The molecule has 1 aliphatic rings. The number of sulfone groups is 1. The number of carboxylic acid groups (broad SMARTS) is 1. The molecule has 0 unspecified atom stereocenters. The molecule has 0 spiro atoms. The van der Waals surface area contributed by atoms with Crippen LogP contribution in [-0.4, -0.2) is 49.1 Å². The molecule has 0 aromatic heterocycles. The summed E-state index contributed by atoms with van der Waals surface area (Å²) in [5.74, 6) is -2.17. The molecule has 1 fully saturated rings. The maximum Gasteiger partial charge on any atom is 0.308 e. The number of carbonyl (C=O) groups is 2. The molecule has 1 heterocycles. The van der Waals surface area contributed by atoms with Gasteiger partial charge in [0.05, 0.1) is 16.6 Å². The number of hydrogen-bond donors (Lipinski definition) is 1. The molecule has 3 rings (SSSR count). The standard InChI is InChI=1S/C20H21NO5S/c1-2-27(25,26)16-10-8-15(9-11-16)19(22)21-12-17(18(13-21)20(23)24)14-6-4-3-5-7-14/h3-11,17-18H,2,12-13H2,1H3,(H,23,24)/t17-,18-/m0/s1. The van der Waals surface area contributed by atoms with Crippen LogP contribution in [0.5, 0.6) is 0 Å². The quantitative estimate of drug-likeness (QED) is 0.851. The van der Waals surface area contributed by atoms with Crippen LogP contribution in [0.2, 0.25) is 0 Å². The SMILES string of the molecule is CCS(=O)(=O)c1ccc(C(=O)N2C[C@H](C(=O)O)[C@H](c3ccccc3)C2)cc1. The number of hydrogen-bond acceptors (Lipinski definition) is 4. The first-order valence-electron chi connectivity index (χ1n) is 8.73. The molecule has 2 aromatic rings. The molecule has 27 heavy (non-hydrogen) atoms. The van der Waals surface area contributed by atoms with Gasteiger partial charge in [0, 0.05) is 24.6 Å².